The highest BCUT2D eigenvalue weighted by Crippen LogP contribution is 2.14. The third kappa shape index (κ3) is 2.79. The molecule has 0 spiro atoms. The van der Waals surface area contributed by atoms with E-state index in [-0.39, 0.29) is 18.2 Å². The number of ether oxygens (including phenoxy) is 1. The Bertz CT molecular complexity index is 437. The smallest absolute Gasteiger partial charge is 0.126 e. The summed E-state index contributed by atoms with van der Waals surface area (Å²) in [6.45, 7) is 0.192. The van der Waals surface area contributed by atoms with Crippen LogP contribution >= 0.6 is 0 Å². The summed E-state index contributed by atoms with van der Waals surface area (Å²) in [7, 11) is 0. The summed E-state index contributed by atoms with van der Waals surface area (Å²) in [6, 6.07) is 12.7. The molecule has 16 heavy (non-hydrogen) atoms. The number of halogens is 2. The molecule has 0 unspecified atom stereocenters. The van der Waals surface area contributed by atoms with Crippen LogP contribution in [0.15, 0.2) is 42.5 Å². The predicted octanol–water partition coefficient (Wildman–Crippen LogP) is 3.34. The number of hydrogen-bond acceptors (Lipinski definition) is 1. The van der Waals surface area contributed by atoms with E-state index in [1.54, 1.807) is 18.2 Å². The third-order valence-corrected chi connectivity index (χ3v) is 2.01. The quantitative estimate of drug-likeness (QED) is 0.769. The molecule has 0 saturated heterocycles. The SMILES string of the molecule is Fc1c[c]cc(COc2cccc(F)c2)c1. The summed E-state index contributed by atoms with van der Waals surface area (Å²) >= 11 is 0. The lowest BCUT2D eigenvalue weighted by molar-refractivity contribution is 0.304. The van der Waals surface area contributed by atoms with Crippen molar-refractivity contribution < 1.29 is 13.5 Å². The minimum atomic E-state index is -0.361. The molecule has 0 aliphatic carbocycles. The lowest BCUT2D eigenvalue weighted by atomic mass is 10.2. The highest BCUT2D eigenvalue weighted by Gasteiger charge is 1.98. The highest BCUT2D eigenvalue weighted by atomic mass is 19.1. The van der Waals surface area contributed by atoms with Gasteiger partial charge in [-0.1, -0.05) is 6.07 Å². The van der Waals surface area contributed by atoms with Crippen LogP contribution in [0.4, 0.5) is 8.78 Å². The van der Waals surface area contributed by atoms with Crippen LogP contribution in [0.25, 0.3) is 0 Å². The first-order chi connectivity index (χ1) is 7.74. The summed E-state index contributed by atoms with van der Waals surface area (Å²) in [4.78, 5) is 0. The van der Waals surface area contributed by atoms with Gasteiger partial charge < -0.3 is 4.74 Å². The van der Waals surface area contributed by atoms with Gasteiger partial charge in [0.2, 0.25) is 0 Å². The summed E-state index contributed by atoms with van der Waals surface area (Å²) in [5, 5.41) is 0. The van der Waals surface area contributed by atoms with Crippen LogP contribution in [-0.2, 0) is 6.61 Å². The number of rotatable bonds is 3. The second-order valence-corrected chi connectivity index (χ2v) is 3.31. The second kappa shape index (κ2) is 4.75. The summed E-state index contributed by atoms with van der Waals surface area (Å²) in [5.41, 5.74) is 0.657. The molecular formula is C13H9F2O. The molecule has 0 bridgehead atoms. The van der Waals surface area contributed by atoms with Crippen molar-refractivity contribution in [2.24, 2.45) is 0 Å². The first-order valence-corrected chi connectivity index (χ1v) is 4.78. The van der Waals surface area contributed by atoms with Gasteiger partial charge in [0.25, 0.3) is 0 Å². The van der Waals surface area contributed by atoms with Crippen molar-refractivity contribution in [2.75, 3.05) is 0 Å². The van der Waals surface area contributed by atoms with Gasteiger partial charge in [-0.05, 0) is 42.0 Å². The van der Waals surface area contributed by atoms with Gasteiger partial charge in [0.05, 0.1) is 0 Å². The molecule has 3 heteroatoms. The van der Waals surface area contributed by atoms with Crippen molar-refractivity contribution in [1.82, 2.24) is 0 Å². The van der Waals surface area contributed by atoms with Gasteiger partial charge in [0.1, 0.15) is 24.0 Å². The lowest BCUT2D eigenvalue weighted by Crippen LogP contribution is -1.96. The van der Waals surface area contributed by atoms with Crippen molar-refractivity contribution in [3.63, 3.8) is 0 Å². The molecule has 0 atom stereocenters. The Morgan fingerprint density at radius 2 is 1.94 bits per heavy atom. The molecule has 2 aromatic carbocycles. The summed E-state index contributed by atoms with van der Waals surface area (Å²) < 4.78 is 30.9. The third-order valence-electron chi connectivity index (χ3n) is 2.01. The van der Waals surface area contributed by atoms with E-state index in [1.807, 2.05) is 0 Å². The van der Waals surface area contributed by atoms with E-state index >= 15 is 0 Å². The van der Waals surface area contributed by atoms with Crippen molar-refractivity contribution in [3.05, 3.63) is 65.7 Å². The van der Waals surface area contributed by atoms with Gasteiger partial charge in [-0.2, -0.15) is 0 Å². The molecule has 2 rings (SSSR count). The standard InChI is InChI=1S/C13H9F2O/c14-11-4-1-3-10(7-11)9-16-13-6-2-5-12(15)8-13/h2-8H,9H2. The number of hydrogen-bond donors (Lipinski definition) is 0. The molecular weight excluding hydrogens is 210 g/mol. The van der Waals surface area contributed by atoms with E-state index in [0.29, 0.717) is 11.3 Å². The van der Waals surface area contributed by atoms with E-state index in [9.17, 15) is 8.78 Å². The molecule has 0 saturated carbocycles. The number of benzene rings is 2. The Kier molecular flexibility index (Phi) is 3.15. The molecule has 81 valence electrons. The summed E-state index contributed by atoms with van der Waals surface area (Å²) in [5.74, 6) is -0.298. The Balaban J connectivity index is 2.02. The Morgan fingerprint density at radius 3 is 2.69 bits per heavy atom. The Hall–Kier alpha value is -1.90. The summed E-state index contributed by atoms with van der Waals surface area (Å²) in [6.07, 6.45) is 0. The normalized spacial score (nSPS) is 10.1. The van der Waals surface area contributed by atoms with Gasteiger partial charge >= 0.3 is 0 Å². The van der Waals surface area contributed by atoms with Crippen LogP contribution in [0.1, 0.15) is 5.56 Å². The molecule has 0 aliphatic rings. The molecule has 1 nitrogen and oxygen atoms in total. The average Bonchev–Trinajstić information content (AvgIpc) is 2.27. The molecule has 0 fully saturated rings. The second-order valence-electron chi connectivity index (χ2n) is 3.31. The lowest BCUT2D eigenvalue weighted by Gasteiger charge is -2.05. The van der Waals surface area contributed by atoms with Gasteiger partial charge in [-0.3, -0.25) is 0 Å². The van der Waals surface area contributed by atoms with E-state index in [0.717, 1.165) is 0 Å². The van der Waals surface area contributed by atoms with E-state index in [4.69, 9.17) is 4.74 Å². The fraction of sp³-hybridized carbons (Fsp3) is 0.0769. The Morgan fingerprint density at radius 1 is 1.06 bits per heavy atom. The van der Waals surface area contributed by atoms with Crippen LogP contribution in [-0.4, -0.2) is 0 Å². The zero-order valence-corrected chi connectivity index (χ0v) is 8.41. The molecule has 0 amide bonds. The molecule has 0 heterocycles. The minimum absolute atomic E-state index is 0.192. The highest BCUT2D eigenvalue weighted by molar-refractivity contribution is 5.23. The van der Waals surface area contributed by atoms with Crippen LogP contribution < -0.4 is 4.74 Å². The molecule has 0 aromatic heterocycles. The molecule has 2 aromatic rings. The fourth-order valence-corrected chi connectivity index (χ4v) is 1.30. The largest absolute Gasteiger partial charge is 0.489 e. The molecule has 0 N–H and O–H groups in total. The van der Waals surface area contributed by atoms with Gasteiger partial charge in [0, 0.05) is 6.07 Å². The van der Waals surface area contributed by atoms with Crippen molar-refractivity contribution in [2.45, 2.75) is 6.61 Å². The van der Waals surface area contributed by atoms with Crippen LogP contribution in [0, 0.1) is 17.7 Å². The van der Waals surface area contributed by atoms with E-state index in [1.165, 1.54) is 24.3 Å². The van der Waals surface area contributed by atoms with Crippen LogP contribution in [0.5, 0.6) is 5.75 Å². The Labute approximate surface area is 92.3 Å². The fourth-order valence-electron chi connectivity index (χ4n) is 1.30. The van der Waals surface area contributed by atoms with Crippen molar-refractivity contribution in [1.29, 1.82) is 0 Å². The van der Waals surface area contributed by atoms with Crippen LogP contribution in [0.3, 0.4) is 0 Å². The van der Waals surface area contributed by atoms with Gasteiger partial charge in [-0.15, -0.1) is 0 Å². The zero-order chi connectivity index (χ0) is 11.4. The van der Waals surface area contributed by atoms with E-state index < -0.39 is 0 Å². The predicted molar refractivity (Wildman–Crippen MR) is 56.0 cm³/mol. The maximum atomic E-state index is 12.8. The van der Waals surface area contributed by atoms with Gasteiger partial charge in [-0.25, -0.2) is 8.78 Å². The maximum absolute atomic E-state index is 12.8. The first kappa shape index (κ1) is 10.6. The zero-order valence-electron chi connectivity index (χ0n) is 8.41. The van der Waals surface area contributed by atoms with Crippen molar-refractivity contribution >= 4 is 0 Å². The van der Waals surface area contributed by atoms with Crippen molar-refractivity contribution in [3.8, 4) is 5.75 Å². The first-order valence-electron chi connectivity index (χ1n) is 4.78. The minimum Gasteiger partial charge on any atom is -0.489 e. The molecule has 1 radical (unpaired) electrons. The van der Waals surface area contributed by atoms with E-state index in [2.05, 4.69) is 6.07 Å². The monoisotopic (exact) mass is 219 g/mol. The molecule has 0 aliphatic heterocycles. The van der Waals surface area contributed by atoms with Crippen LogP contribution in [0.2, 0.25) is 0 Å². The topological polar surface area (TPSA) is 9.23 Å². The average molecular weight is 219 g/mol. The maximum Gasteiger partial charge on any atom is 0.126 e. The van der Waals surface area contributed by atoms with Gasteiger partial charge in [0.15, 0.2) is 0 Å².